The molecule has 1 aliphatic rings. The molecule has 1 fully saturated rings. The van der Waals surface area contributed by atoms with Gasteiger partial charge >= 0.3 is 0 Å². The number of nitrogens with zero attached hydrogens (tertiary/aromatic N) is 2. The Morgan fingerprint density at radius 1 is 1.42 bits per heavy atom. The molecule has 1 atom stereocenters. The second-order valence-corrected chi connectivity index (χ2v) is 5.55. The molecule has 19 heavy (non-hydrogen) atoms. The fraction of sp³-hybridized carbons (Fsp3) is 0.538. The van der Waals surface area contributed by atoms with E-state index in [1.165, 1.54) is 12.1 Å². The summed E-state index contributed by atoms with van der Waals surface area (Å²) in [6.07, 6.45) is 2.76. The molecule has 1 saturated heterocycles. The number of aliphatic hydroxyl groups excluding tert-OH is 1. The molecule has 1 unspecified atom stereocenters. The van der Waals surface area contributed by atoms with Gasteiger partial charge in [0.05, 0.1) is 0 Å². The Bertz CT molecular complexity index is 446. The molecule has 1 aliphatic heterocycles. The van der Waals surface area contributed by atoms with E-state index in [1.807, 2.05) is 0 Å². The lowest BCUT2D eigenvalue weighted by Crippen LogP contribution is -2.40. The van der Waals surface area contributed by atoms with E-state index in [9.17, 15) is 4.79 Å². The van der Waals surface area contributed by atoms with Gasteiger partial charge in [0.2, 0.25) is 0 Å². The van der Waals surface area contributed by atoms with Crippen LogP contribution in [-0.4, -0.2) is 40.6 Å². The average molecular weight is 303 g/mol. The molecule has 0 spiro atoms. The first-order valence-corrected chi connectivity index (χ1v) is 7.09. The topological polar surface area (TPSA) is 53.4 Å². The average Bonchev–Trinajstić information content (AvgIpc) is 2.37. The van der Waals surface area contributed by atoms with Crippen LogP contribution in [0.1, 0.15) is 29.6 Å². The van der Waals surface area contributed by atoms with Crippen LogP contribution in [0.2, 0.25) is 10.3 Å². The van der Waals surface area contributed by atoms with Crippen molar-refractivity contribution in [2.75, 3.05) is 19.7 Å². The van der Waals surface area contributed by atoms with Gasteiger partial charge in [0, 0.05) is 25.3 Å². The number of amides is 1. The SMILES string of the molecule is O=C(c1cc(Cl)nc(Cl)c1)N1CCCC(CCO)C1. The number of rotatable bonds is 3. The van der Waals surface area contributed by atoms with E-state index in [4.69, 9.17) is 28.3 Å². The van der Waals surface area contributed by atoms with Gasteiger partial charge in [-0.1, -0.05) is 23.2 Å². The Morgan fingerprint density at radius 3 is 2.74 bits per heavy atom. The molecule has 1 aromatic heterocycles. The summed E-state index contributed by atoms with van der Waals surface area (Å²) in [6, 6.07) is 3.07. The van der Waals surface area contributed by atoms with Crippen LogP contribution < -0.4 is 0 Å². The lowest BCUT2D eigenvalue weighted by molar-refractivity contribution is 0.0653. The quantitative estimate of drug-likeness (QED) is 0.873. The first-order chi connectivity index (χ1) is 9.10. The van der Waals surface area contributed by atoms with Crippen LogP contribution in [0, 0.1) is 5.92 Å². The molecule has 0 aliphatic carbocycles. The Labute approximate surface area is 122 Å². The van der Waals surface area contributed by atoms with Crippen LogP contribution in [0.25, 0.3) is 0 Å². The molecule has 0 bridgehead atoms. The smallest absolute Gasteiger partial charge is 0.254 e. The van der Waals surface area contributed by atoms with Gasteiger partial charge in [-0.25, -0.2) is 4.98 Å². The van der Waals surface area contributed by atoms with Crippen LogP contribution in [0.3, 0.4) is 0 Å². The Kier molecular flexibility index (Phi) is 5.02. The predicted molar refractivity (Wildman–Crippen MR) is 74.6 cm³/mol. The predicted octanol–water partition coefficient (Wildman–Crippen LogP) is 2.62. The number of pyridine rings is 1. The normalized spacial score (nSPS) is 19.5. The number of hydrogen-bond donors (Lipinski definition) is 1. The van der Waals surface area contributed by atoms with Gasteiger partial charge in [-0.2, -0.15) is 0 Å². The van der Waals surface area contributed by atoms with Crippen molar-refractivity contribution in [2.24, 2.45) is 5.92 Å². The molecule has 104 valence electrons. The van der Waals surface area contributed by atoms with Crippen LogP contribution in [0.4, 0.5) is 0 Å². The summed E-state index contributed by atoms with van der Waals surface area (Å²) in [5.41, 5.74) is 0.467. The van der Waals surface area contributed by atoms with Crippen molar-refractivity contribution >= 4 is 29.1 Å². The monoisotopic (exact) mass is 302 g/mol. The van der Waals surface area contributed by atoms with E-state index in [0.29, 0.717) is 18.0 Å². The summed E-state index contributed by atoms with van der Waals surface area (Å²) in [5, 5.41) is 9.43. The maximum atomic E-state index is 12.4. The molecular weight excluding hydrogens is 287 g/mol. The maximum Gasteiger partial charge on any atom is 0.254 e. The van der Waals surface area contributed by atoms with Crippen molar-refractivity contribution in [3.8, 4) is 0 Å². The molecule has 0 saturated carbocycles. The Morgan fingerprint density at radius 2 is 2.11 bits per heavy atom. The number of carbonyl (C=O) groups is 1. The molecular formula is C13H16Cl2N2O2. The summed E-state index contributed by atoms with van der Waals surface area (Å²) in [7, 11) is 0. The highest BCUT2D eigenvalue weighted by Gasteiger charge is 2.24. The second-order valence-electron chi connectivity index (χ2n) is 4.77. The van der Waals surface area contributed by atoms with E-state index in [-0.39, 0.29) is 22.8 Å². The first-order valence-electron chi connectivity index (χ1n) is 6.33. The van der Waals surface area contributed by atoms with Crippen molar-refractivity contribution in [1.29, 1.82) is 0 Å². The van der Waals surface area contributed by atoms with Gasteiger partial charge in [-0.05, 0) is 37.3 Å². The molecule has 1 N–H and O–H groups in total. The molecule has 1 amide bonds. The summed E-state index contributed by atoms with van der Waals surface area (Å²) < 4.78 is 0. The van der Waals surface area contributed by atoms with E-state index in [1.54, 1.807) is 4.90 Å². The number of likely N-dealkylation sites (tertiary alicyclic amines) is 1. The van der Waals surface area contributed by atoms with Gasteiger partial charge < -0.3 is 10.0 Å². The molecule has 1 aromatic rings. The highest BCUT2D eigenvalue weighted by molar-refractivity contribution is 6.33. The highest BCUT2D eigenvalue weighted by Crippen LogP contribution is 2.22. The lowest BCUT2D eigenvalue weighted by atomic mass is 9.95. The molecule has 4 nitrogen and oxygen atoms in total. The number of piperidine rings is 1. The number of aromatic nitrogens is 1. The third-order valence-corrected chi connectivity index (χ3v) is 3.74. The van der Waals surface area contributed by atoms with Gasteiger partial charge in [0.25, 0.3) is 5.91 Å². The molecule has 0 aromatic carbocycles. The fourth-order valence-electron chi connectivity index (χ4n) is 2.44. The number of carbonyl (C=O) groups excluding carboxylic acids is 1. The third kappa shape index (κ3) is 3.81. The minimum Gasteiger partial charge on any atom is -0.396 e. The highest BCUT2D eigenvalue weighted by atomic mass is 35.5. The Hall–Kier alpha value is -0.840. The maximum absolute atomic E-state index is 12.4. The zero-order chi connectivity index (χ0) is 13.8. The van der Waals surface area contributed by atoms with Gasteiger partial charge in [0.1, 0.15) is 10.3 Å². The van der Waals surface area contributed by atoms with E-state index >= 15 is 0 Å². The van der Waals surface area contributed by atoms with E-state index in [0.717, 1.165) is 25.8 Å². The van der Waals surface area contributed by atoms with Crippen molar-refractivity contribution in [1.82, 2.24) is 9.88 Å². The lowest BCUT2D eigenvalue weighted by Gasteiger charge is -2.32. The fourth-order valence-corrected chi connectivity index (χ4v) is 2.90. The largest absolute Gasteiger partial charge is 0.396 e. The minimum atomic E-state index is -0.0751. The van der Waals surface area contributed by atoms with Crippen molar-refractivity contribution < 1.29 is 9.90 Å². The van der Waals surface area contributed by atoms with Gasteiger partial charge in [-0.3, -0.25) is 4.79 Å². The first kappa shape index (κ1) is 14.6. The minimum absolute atomic E-state index is 0.0751. The van der Waals surface area contributed by atoms with Gasteiger partial charge in [-0.15, -0.1) is 0 Å². The zero-order valence-corrected chi connectivity index (χ0v) is 12.0. The molecule has 0 radical (unpaired) electrons. The molecule has 6 heteroatoms. The summed E-state index contributed by atoms with van der Waals surface area (Å²) in [5.74, 6) is 0.296. The van der Waals surface area contributed by atoms with Crippen molar-refractivity contribution in [2.45, 2.75) is 19.3 Å². The summed E-state index contributed by atoms with van der Waals surface area (Å²) in [6.45, 7) is 1.58. The van der Waals surface area contributed by atoms with Crippen LogP contribution >= 0.6 is 23.2 Å². The summed E-state index contributed by atoms with van der Waals surface area (Å²) in [4.78, 5) is 18.0. The van der Waals surface area contributed by atoms with Crippen LogP contribution in [0.5, 0.6) is 0 Å². The van der Waals surface area contributed by atoms with Crippen molar-refractivity contribution in [3.63, 3.8) is 0 Å². The standard InChI is InChI=1S/C13H16Cl2N2O2/c14-11-6-10(7-12(15)16-11)13(19)17-4-1-2-9(8-17)3-5-18/h6-7,9,18H,1-5,8H2. The molecule has 2 heterocycles. The zero-order valence-electron chi connectivity index (χ0n) is 10.5. The van der Waals surface area contributed by atoms with Crippen molar-refractivity contribution in [3.05, 3.63) is 28.0 Å². The second kappa shape index (κ2) is 6.55. The van der Waals surface area contributed by atoms with E-state index < -0.39 is 0 Å². The van der Waals surface area contributed by atoms with E-state index in [2.05, 4.69) is 4.98 Å². The number of halogens is 2. The number of aliphatic hydroxyl groups is 1. The van der Waals surface area contributed by atoms with Crippen LogP contribution in [-0.2, 0) is 0 Å². The Balaban J connectivity index is 2.10. The summed E-state index contributed by atoms with van der Waals surface area (Å²) >= 11 is 11.6. The molecule has 2 rings (SSSR count). The number of hydrogen-bond acceptors (Lipinski definition) is 3. The van der Waals surface area contributed by atoms with Crippen LogP contribution in [0.15, 0.2) is 12.1 Å². The third-order valence-electron chi connectivity index (χ3n) is 3.35. The van der Waals surface area contributed by atoms with Gasteiger partial charge in [0.15, 0.2) is 0 Å².